The van der Waals surface area contributed by atoms with Crippen LogP contribution in [0.3, 0.4) is 0 Å². The number of hydrogen-bond acceptors (Lipinski definition) is 4. The number of nitrogens with one attached hydrogen (secondary N) is 1. The molecule has 0 aliphatic heterocycles. The Morgan fingerprint density at radius 1 is 1.44 bits per heavy atom. The van der Waals surface area contributed by atoms with Crippen LogP contribution in [0.5, 0.6) is 0 Å². The van der Waals surface area contributed by atoms with E-state index < -0.39 is 22.0 Å². The summed E-state index contributed by atoms with van der Waals surface area (Å²) in [5.41, 5.74) is 0. The van der Waals surface area contributed by atoms with Crippen LogP contribution in [0.15, 0.2) is 21.6 Å². The van der Waals surface area contributed by atoms with Crippen molar-refractivity contribution in [2.75, 3.05) is 0 Å². The number of hydrogen-bond donors (Lipinski definition) is 2. The van der Waals surface area contributed by atoms with E-state index in [1.807, 2.05) is 13.8 Å². The molecule has 0 saturated carbocycles. The molecule has 0 saturated heterocycles. The summed E-state index contributed by atoms with van der Waals surface area (Å²) in [7, 11) is -3.93. The molecule has 0 spiro atoms. The predicted octanol–water partition coefficient (Wildman–Crippen LogP) is 1.37. The molecule has 1 aromatic heterocycles. The summed E-state index contributed by atoms with van der Waals surface area (Å²) in [6.45, 7) is 5.25. The van der Waals surface area contributed by atoms with Crippen molar-refractivity contribution in [2.45, 2.75) is 38.3 Å². The first-order chi connectivity index (χ1) is 8.22. The average molecular weight is 275 g/mol. The van der Waals surface area contributed by atoms with Crippen LogP contribution in [-0.2, 0) is 14.8 Å². The van der Waals surface area contributed by atoms with Gasteiger partial charge in [0.15, 0.2) is 0 Å². The lowest BCUT2D eigenvalue weighted by atomic mass is 10.1. The fourth-order valence-electron chi connectivity index (χ4n) is 1.47. The summed E-state index contributed by atoms with van der Waals surface area (Å²) in [6, 6.07) is 1.65. The van der Waals surface area contributed by atoms with E-state index in [1.54, 1.807) is 6.92 Å². The topological polar surface area (TPSA) is 96.6 Å². The molecule has 2 N–H and O–H groups in total. The van der Waals surface area contributed by atoms with Gasteiger partial charge >= 0.3 is 5.97 Å². The van der Waals surface area contributed by atoms with Gasteiger partial charge in [0.05, 0.1) is 0 Å². The van der Waals surface area contributed by atoms with Crippen LogP contribution in [0, 0.1) is 12.8 Å². The van der Waals surface area contributed by atoms with Crippen molar-refractivity contribution in [2.24, 2.45) is 5.92 Å². The minimum absolute atomic E-state index is 0.0622. The van der Waals surface area contributed by atoms with Crippen LogP contribution in [0.2, 0.25) is 0 Å². The van der Waals surface area contributed by atoms with Gasteiger partial charge in [-0.05, 0) is 31.4 Å². The zero-order valence-corrected chi connectivity index (χ0v) is 11.3. The molecule has 1 rings (SSSR count). The smallest absolute Gasteiger partial charge is 0.321 e. The van der Waals surface area contributed by atoms with Crippen LogP contribution in [0.25, 0.3) is 0 Å². The number of sulfonamides is 1. The molecule has 0 unspecified atom stereocenters. The van der Waals surface area contributed by atoms with Gasteiger partial charge in [0.2, 0.25) is 5.09 Å². The molecule has 0 aromatic carbocycles. The maximum Gasteiger partial charge on any atom is 0.321 e. The normalized spacial score (nSPS) is 13.8. The Kier molecular flexibility index (Phi) is 4.53. The number of rotatable bonds is 6. The number of aliphatic carboxylic acids is 1. The number of carbonyl (C=O) groups is 1. The molecular formula is C11H17NO5S. The minimum atomic E-state index is -3.93. The Bertz CT molecular complexity index is 517. The second kappa shape index (κ2) is 5.53. The highest BCUT2D eigenvalue weighted by Gasteiger charge is 2.27. The monoisotopic (exact) mass is 275 g/mol. The van der Waals surface area contributed by atoms with E-state index in [-0.39, 0.29) is 17.4 Å². The van der Waals surface area contributed by atoms with Gasteiger partial charge in [-0.3, -0.25) is 4.79 Å². The molecule has 0 bridgehead atoms. The first-order valence-electron chi connectivity index (χ1n) is 5.54. The quantitative estimate of drug-likeness (QED) is 0.817. The van der Waals surface area contributed by atoms with Gasteiger partial charge < -0.3 is 9.52 Å². The third-order valence-corrected chi connectivity index (χ3v) is 3.63. The molecule has 1 heterocycles. The van der Waals surface area contributed by atoms with Gasteiger partial charge in [-0.15, -0.1) is 0 Å². The highest BCUT2D eigenvalue weighted by Crippen LogP contribution is 2.15. The molecule has 6 nitrogen and oxygen atoms in total. The van der Waals surface area contributed by atoms with Crippen LogP contribution in [0.4, 0.5) is 0 Å². The van der Waals surface area contributed by atoms with E-state index in [0.29, 0.717) is 5.76 Å². The SMILES string of the molecule is Cc1ccc(S(=O)(=O)N[C@H](CC(C)C)C(=O)O)o1. The molecule has 1 aromatic rings. The van der Waals surface area contributed by atoms with Gasteiger partial charge in [0, 0.05) is 0 Å². The summed E-state index contributed by atoms with van der Waals surface area (Å²) in [4.78, 5) is 11.0. The zero-order chi connectivity index (χ0) is 13.9. The van der Waals surface area contributed by atoms with Crippen LogP contribution < -0.4 is 4.72 Å². The fourth-order valence-corrected chi connectivity index (χ4v) is 2.65. The van der Waals surface area contributed by atoms with E-state index in [1.165, 1.54) is 12.1 Å². The van der Waals surface area contributed by atoms with Gasteiger partial charge in [-0.2, -0.15) is 4.72 Å². The summed E-state index contributed by atoms with van der Waals surface area (Å²) < 4.78 is 30.9. The van der Waals surface area contributed by atoms with E-state index in [0.717, 1.165) is 0 Å². The third-order valence-electron chi connectivity index (χ3n) is 2.28. The molecule has 102 valence electrons. The van der Waals surface area contributed by atoms with E-state index in [2.05, 4.69) is 4.72 Å². The summed E-state index contributed by atoms with van der Waals surface area (Å²) in [5.74, 6) is -0.686. The van der Waals surface area contributed by atoms with Crippen LogP contribution in [0.1, 0.15) is 26.0 Å². The Morgan fingerprint density at radius 2 is 2.06 bits per heavy atom. The van der Waals surface area contributed by atoms with Crippen molar-refractivity contribution in [1.82, 2.24) is 4.72 Å². The van der Waals surface area contributed by atoms with Crippen LogP contribution in [-0.4, -0.2) is 25.5 Å². The fraction of sp³-hybridized carbons (Fsp3) is 0.545. The lowest BCUT2D eigenvalue weighted by Gasteiger charge is -2.15. The lowest BCUT2D eigenvalue weighted by molar-refractivity contribution is -0.139. The van der Waals surface area contributed by atoms with Crippen molar-refractivity contribution < 1.29 is 22.7 Å². The van der Waals surface area contributed by atoms with Gasteiger partial charge in [-0.1, -0.05) is 13.8 Å². The predicted molar refractivity (Wildman–Crippen MR) is 64.6 cm³/mol. The van der Waals surface area contributed by atoms with E-state index >= 15 is 0 Å². The van der Waals surface area contributed by atoms with E-state index in [4.69, 9.17) is 9.52 Å². The Labute approximate surface area is 106 Å². The van der Waals surface area contributed by atoms with Crippen molar-refractivity contribution >= 4 is 16.0 Å². The Hall–Kier alpha value is -1.34. The molecular weight excluding hydrogens is 258 g/mol. The van der Waals surface area contributed by atoms with Gasteiger partial charge in [-0.25, -0.2) is 8.42 Å². The molecule has 18 heavy (non-hydrogen) atoms. The average Bonchev–Trinajstić information content (AvgIpc) is 2.63. The summed E-state index contributed by atoms with van der Waals surface area (Å²) in [5, 5.41) is 8.71. The highest BCUT2D eigenvalue weighted by molar-refractivity contribution is 7.89. The second-order valence-corrected chi connectivity index (χ2v) is 6.15. The first kappa shape index (κ1) is 14.7. The Balaban J connectivity index is 2.89. The Morgan fingerprint density at radius 3 is 2.44 bits per heavy atom. The van der Waals surface area contributed by atoms with Gasteiger partial charge in [0.25, 0.3) is 10.0 Å². The molecule has 0 fully saturated rings. The second-order valence-electron chi connectivity index (χ2n) is 4.51. The van der Waals surface area contributed by atoms with Crippen molar-refractivity contribution in [3.63, 3.8) is 0 Å². The number of aryl methyl sites for hydroxylation is 1. The molecule has 1 atom stereocenters. The van der Waals surface area contributed by atoms with Gasteiger partial charge in [0.1, 0.15) is 11.8 Å². The highest BCUT2D eigenvalue weighted by atomic mass is 32.2. The number of carboxylic acids is 1. The maximum absolute atomic E-state index is 11.9. The summed E-state index contributed by atoms with van der Waals surface area (Å²) in [6.07, 6.45) is 0.217. The van der Waals surface area contributed by atoms with E-state index in [9.17, 15) is 13.2 Å². The summed E-state index contributed by atoms with van der Waals surface area (Å²) >= 11 is 0. The third kappa shape index (κ3) is 3.85. The largest absolute Gasteiger partial charge is 0.480 e. The molecule has 7 heteroatoms. The van der Waals surface area contributed by atoms with Crippen molar-refractivity contribution in [3.8, 4) is 0 Å². The first-order valence-corrected chi connectivity index (χ1v) is 7.02. The molecule has 0 radical (unpaired) electrons. The maximum atomic E-state index is 11.9. The molecule has 0 amide bonds. The standard InChI is InChI=1S/C11H17NO5S/c1-7(2)6-9(11(13)14)12-18(15,16)10-5-4-8(3)17-10/h4-5,7,9,12H,6H2,1-3H3,(H,13,14)/t9-/m1/s1. The zero-order valence-electron chi connectivity index (χ0n) is 10.5. The van der Waals surface area contributed by atoms with Crippen LogP contribution >= 0.6 is 0 Å². The van der Waals surface area contributed by atoms with Crippen molar-refractivity contribution in [3.05, 3.63) is 17.9 Å². The number of furan rings is 1. The number of carboxylic acid groups (broad SMARTS) is 1. The lowest BCUT2D eigenvalue weighted by Crippen LogP contribution is -2.41. The molecule has 0 aliphatic rings. The van der Waals surface area contributed by atoms with Crippen molar-refractivity contribution in [1.29, 1.82) is 0 Å². The molecule has 0 aliphatic carbocycles. The minimum Gasteiger partial charge on any atom is -0.480 e.